The van der Waals surface area contributed by atoms with Crippen molar-refractivity contribution < 1.29 is 18.0 Å². The first-order chi connectivity index (χ1) is 8.88. The van der Waals surface area contributed by atoms with Crippen LogP contribution >= 0.6 is 12.4 Å². The molecule has 1 amide bonds. The monoisotopic (exact) mass is 311 g/mol. The molecule has 5 nitrogen and oxygen atoms in total. The van der Waals surface area contributed by atoms with Gasteiger partial charge in [0.15, 0.2) is 0 Å². The number of carbonyl (C=O) groups excluding carboxylic acids is 1. The van der Waals surface area contributed by atoms with Gasteiger partial charge in [0.2, 0.25) is 0 Å². The zero-order valence-electron chi connectivity index (χ0n) is 10.2. The summed E-state index contributed by atoms with van der Waals surface area (Å²) in [6.07, 6.45) is -3.91. The van der Waals surface area contributed by atoms with Gasteiger partial charge in [0, 0.05) is 12.6 Å². The van der Waals surface area contributed by atoms with E-state index in [0.717, 1.165) is 19.0 Å². The molecule has 3 N–H and O–H groups in total. The lowest BCUT2D eigenvalue weighted by molar-refractivity contribution is -0.141. The number of hydrogen-bond donors (Lipinski definition) is 3. The minimum atomic E-state index is -4.64. The van der Waals surface area contributed by atoms with Gasteiger partial charge in [-0.2, -0.15) is 13.2 Å². The topological polar surface area (TPSA) is 74.0 Å². The number of alkyl halides is 3. The highest BCUT2D eigenvalue weighted by molar-refractivity contribution is 5.94. The van der Waals surface area contributed by atoms with Crippen LogP contribution < -0.4 is 16.2 Å². The van der Waals surface area contributed by atoms with Crippen molar-refractivity contribution in [2.24, 2.45) is 0 Å². The molecule has 1 unspecified atom stereocenters. The summed E-state index contributed by atoms with van der Waals surface area (Å²) in [5, 5.41) is 5.61. The molecule has 0 aromatic carbocycles. The van der Waals surface area contributed by atoms with E-state index in [0.29, 0.717) is 12.6 Å². The normalized spacial score (nSPS) is 18.4. The van der Waals surface area contributed by atoms with Gasteiger partial charge in [0.05, 0.1) is 0 Å². The SMILES string of the molecule is Cl.O=C(NC1CCNC1)c1ccc(C(F)(F)F)[nH]c1=O. The largest absolute Gasteiger partial charge is 0.431 e. The average Bonchev–Trinajstić information content (AvgIpc) is 2.80. The van der Waals surface area contributed by atoms with Crippen LogP contribution in [0, 0.1) is 0 Å². The number of amides is 1. The molecule has 9 heteroatoms. The quantitative estimate of drug-likeness (QED) is 0.760. The molecule has 1 aromatic heterocycles. The van der Waals surface area contributed by atoms with E-state index in [-0.39, 0.29) is 24.0 Å². The highest BCUT2D eigenvalue weighted by atomic mass is 35.5. The summed E-state index contributed by atoms with van der Waals surface area (Å²) in [6.45, 7) is 1.35. The number of pyridine rings is 1. The maximum atomic E-state index is 12.3. The van der Waals surface area contributed by atoms with Crippen molar-refractivity contribution in [1.29, 1.82) is 0 Å². The summed E-state index contributed by atoms with van der Waals surface area (Å²) in [6, 6.07) is 1.47. The van der Waals surface area contributed by atoms with E-state index in [1.54, 1.807) is 4.98 Å². The molecule has 1 aliphatic heterocycles. The number of halogens is 4. The van der Waals surface area contributed by atoms with E-state index in [1.165, 1.54) is 0 Å². The Morgan fingerprint density at radius 2 is 2.05 bits per heavy atom. The van der Waals surface area contributed by atoms with Crippen molar-refractivity contribution in [1.82, 2.24) is 15.6 Å². The lowest BCUT2D eigenvalue weighted by Gasteiger charge is -2.11. The molecule has 1 atom stereocenters. The minimum absolute atomic E-state index is 0. The van der Waals surface area contributed by atoms with Crippen LogP contribution in [0.4, 0.5) is 13.2 Å². The molecule has 0 radical (unpaired) electrons. The summed E-state index contributed by atoms with van der Waals surface area (Å²) in [7, 11) is 0. The van der Waals surface area contributed by atoms with Crippen molar-refractivity contribution in [3.8, 4) is 0 Å². The Hall–Kier alpha value is -1.54. The Labute approximate surface area is 118 Å². The van der Waals surface area contributed by atoms with E-state index in [2.05, 4.69) is 10.6 Å². The van der Waals surface area contributed by atoms with Crippen LogP contribution in [0.3, 0.4) is 0 Å². The molecule has 1 aromatic rings. The van der Waals surface area contributed by atoms with Crippen LogP contribution in [-0.2, 0) is 6.18 Å². The summed E-state index contributed by atoms with van der Waals surface area (Å²) < 4.78 is 37.0. The molecule has 2 rings (SSSR count). The van der Waals surface area contributed by atoms with Crippen LogP contribution in [0.1, 0.15) is 22.5 Å². The number of H-pyrrole nitrogens is 1. The van der Waals surface area contributed by atoms with E-state index in [4.69, 9.17) is 0 Å². The Balaban J connectivity index is 0.00000200. The fraction of sp³-hybridized carbons (Fsp3) is 0.455. The number of aromatic amines is 1. The third-order valence-corrected chi connectivity index (χ3v) is 2.86. The standard InChI is InChI=1S/C11H12F3N3O2.ClH/c12-11(13,14)8-2-1-7(10(19)17-8)9(18)16-6-3-4-15-5-6;/h1-2,6,15H,3-5H2,(H,16,18)(H,17,19);1H. The zero-order chi connectivity index (χ0) is 14.0. The molecule has 1 saturated heterocycles. The van der Waals surface area contributed by atoms with Gasteiger partial charge >= 0.3 is 6.18 Å². The van der Waals surface area contributed by atoms with Gasteiger partial charge in [-0.1, -0.05) is 0 Å². The Bertz CT molecular complexity index is 538. The molecule has 1 fully saturated rings. The second-order valence-electron chi connectivity index (χ2n) is 4.28. The second kappa shape index (κ2) is 6.27. The molecule has 0 saturated carbocycles. The molecule has 112 valence electrons. The maximum absolute atomic E-state index is 12.3. The van der Waals surface area contributed by atoms with Gasteiger partial charge in [0.1, 0.15) is 11.3 Å². The van der Waals surface area contributed by atoms with E-state index >= 15 is 0 Å². The molecular formula is C11H13ClF3N3O2. The van der Waals surface area contributed by atoms with Gasteiger partial charge in [-0.15, -0.1) is 12.4 Å². The van der Waals surface area contributed by atoms with Crippen molar-refractivity contribution >= 4 is 18.3 Å². The molecular weight excluding hydrogens is 299 g/mol. The second-order valence-corrected chi connectivity index (χ2v) is 4.28. The third-order valence-electron chi connectivity index (χ3n) is 2.86. The summed E-state index contributed by atoms with van der Waals surface area (Å²) >= 11 is 0. The number of nitrogens with one attached hydrogen (secondary N) is 3. The van der Waals surface area contributed by atoms with Crippen molar-refractivity contribution in [3.63, 3.8) is 0 Å². The first kappa shape index (κ1) is 16.5. The summed E-state index contributed by atoms with van der Waals surface area (Å²) in [4.78, 5) is 24.9. The zero-order valence-corrected chi connectivity index (χ0v) is 11.0. The molecule has 0 aliphatic carbocycles. The fourth-order valence-corrected chi connectivity index (χ4v) is 1.86. The predicted molar refractivity (Wildman–Crippen MR) is 68.1 cm³/mol. The first-order valence-corrected chi connectivity index (χ1v) is 5.70. The lowest BCUT2D eigenvalue weighted by Crippen LogP contribution is -2.39. The fourth-order valence-electron chi connectivity index (χ4n) is 1.86. The molecule has 20 heavy (non-hydrogen) atoms. The van der Waals surface area contributed by atoms with Gasteiger partial charge in [-0.25, -0.2) is 0 Å². The van der Waals surface area contributed by atoms with Crippen LogP contribution in [0.15, 0.2) is 16.9 Å². The van der Waals surface area contributed by atoms with Crippen molar-refractivity contribution in [3.05, 3.63) is 33.7 Å². The van der Waals surface area contributed by atoms with Crippen molar-refractivity contribution in [2.45, 2.75) is 18.6 Å². The number of rotatable bonds is 2. The smallest absolute Gasteiger partial charge is 0.348 e. The average molecular weight is 312 g/mol. The van der Waals surface area contributed by atoms with Gasteiger partial charge < -0.3 is 15.6 Å². The summed E-state index contributed by atoms with van der Waals surface area (Å²) in [5.74, 6) is -0.663. The highest BCUT2D eigenvalue weighted by Gasteiger charge is 2.32. The van der Waals surface area contributed by atoms with Crippen LogP contribution in [-0.4, -0.2) is 30.0 Å². The number of carbonyl (C=O) groups is 1. The van der Waals surface area contributed by atoms with Gasteiger partial charge in [-0.3, -0.25) is 9.59 Å². The summed E-state index contributed by atoms with van der Waals surface area (Å²) in [5.41, 5.74) is -2.53. The highest BCUT2D eigenvalue weighted by Crippen LogP contribution is 2.26. The van der Waals surface area contributed by atoms with Gasteiger partial charge in [0.25, 0.3) is 11.5 Å². The van der Waals surface area contributed by atoms with Crippen LogP contribution in [0.2, 0.25) is 0 Å². The molecule has 2 heterocycles. The van der Waals surface area contributed by atoms with Gasteiger partial charge in [-0.05, 0) is 25.1 Å². The van der Waals surface area contributed by atoms with E-state index in [1.807, 2.05) is 0 Å². The van der Waals surface area contributed by atoms with Crippen LogP contribution in [0.25, 0.3) is 0 Å². The van der Waals surface area contributed by atoms with Crippen LogP contribution in [0.5, 0.6) is 0 Å². The molecule has 0 spiro atoms. The predicted octanol–water partition coefficient (Wildman–Crippen LogP) is 0.907. The molecule has 1 aliphatic rings. The lowest BCUT2D eigenvalue weighted by atomic mass is 10.2. The Morgan fingerprint density at radius 3 is 2.55 bits per heavy atom. The van der Waals surface area contributed by atoms with E-state index in [9.17, 15) is 22.8 Å². The Morgan fingerprint density at radius 1 is 1.35 bits per heavy atom. The molecule has 0 bridgehead atoms. The first-order valence-electron chi connectivity index (χ1n) is 5.70. The third kappa shape index (κ3) is 3.73. The number of hydrogen-bond acceptors (Lipinski definition) is 3. The maximum Gasteiger partial charge on any atom is 0.431 e. The van der Waals surface area contributed by atoms with E-state index < -0.39 is 23.3 Å². The minimum Gasteiger partial charge on any atom is -0.348 e. The van der Waals surface area contributed by atoms with Crippen molar-refractivity contribution in [2.75, 3.05) is 13.1 Å². The Kier molecular flexibility index (Phi) is 5.18. The number of aromatic nitrogens is 1.